The number of aryl methyl sites for hydroxylation is 2. The van der Waals surface area contributed by atoms with E-state index in [9.17, 15) is 13.2 Å². The van der Waals surface area contributed by atoms with Crippen LogP contribution in [0.25, 0.3) is 5.78 Å². The number of aromatic amines is 1. The van der Waals surface area contributed by atoms with Gasteiger partial charge in [0.1, 0.15) is 11.2 Å². The summed E-state index contributed by atoms with van der Waals surface area (Å²) in [4.78, 5) is 23.1. The molecular formula is C19H25N7O3S. The Kier molecular flexibility index (Phi) is 5.31. The number of likely N-dealkylation sites (tertiary alicyclic amines) is 1. The van der Waals surface area contributed by atoms with Crippen LogP contribution in [0.15, 0.2) is 17.4 Å². The molecule has 1 aliphatic rings. The van der Waals surface area contributed by atoms with Crippen molar-refractivity contribution in [1.82, 2.24) is 34.7 Å². The molecular weight excluding hydrogens is 406 g/mol. The quantitative estimate of drug-likeness (QED) is 0.643. The summed E-state index contributed by atoms with van der Waals surface area (Å²) in [7, 11) is -3.50. The van der Waals surface area contributed by atoms with Crippen molar-refractivity contribution < 1.29 is 13.2 Å². The van der Waals surface area contributed by atoms with Gasteiger partial charge in [-0.2, -0.15) is 19.7 Å². The van der Waals surface area contributed by atoms with Crippen molar-refractivity contribution in [3.05, 3.63) is 35.2 Å². The Balaban J connectivity index is 1.57. The maximum absolute atomic E-state index is 12.9. The Morgan fingerprint density at radius 2 is 2.10 bits per heavy atom. The molecule has 1 saturated heterocycles. The average Bonchev–Trinajstić information content (AvgIpc) is 3.31. The van der Waals surface area contributed by atoms with Gasteiger partial charge in [-0.3, -0.25) is 9.89 Å². The lowest BCUT2D eigenvalue weighted by atomic mass is 9.94. The number of carbonyl (C=O) groups is 1. The molecule has 30 heavy (non-hydrogen) atoms. The van der Waals surface area contributed by atoms with Gasteiger partial charge in [-0.15, -0.1) is 0 Å². The van der Waals surface area contributed by atoms with Crippen molar-refractivity contribution >= 4 is 21.5 Å². The number of sulfone groups is 1. The number of H-pyrrole nitrogens is 1. The van der Waals surface area contributed by atoms with Crippen LogP contribution in [-0.4, -0.2) is 68.3 Å². The third-order valence-corrected chi connectivity index (χ3v) is 6.85. The third kappa shape index (κ3) is 3.81. The van der Waals surface area contributed by atoms with Crippen molar-refractivity contribution in [3.8, 4) is 0 Å². The van der Waals surface area contributed by atoms with Gasteiger partial charge >= 0.3 is 0 Å². The smallest absolute Gasteiger partial charge is 0.252 e. The summed E-state index contributed by atoms with van der Waals surface area (Å²) in [6.07, 6.45) is 6.46. The number of fused-ring (bicyclic) bond motifs is 1. The molecule has 0 bridgehead atoms. The number of amides is 1. The molecule has 0 spiro atoms. The molecule has 0 aromatic carbocycles. The van der Waals surface area contributed by atoms with Crippen molar-refractivity contribution in [2.24, 2.45) is 0 Å². The number of aromatic nitrogens is 6. The van der Waals surface area contributed by atoms with Gasteiger partial charge < -0.3 is 4.90 Å². The van der Waals surface area contributed by atoms with Crippen LogP contribution in [0.4, 0.5) is 0 Å². The van der Waals surface area contributed by atoms with E-state index in [4.69, 9.17) is 0 Å². The van der Waals surface area contributed by atoms with E-state index in [1.165, 1.54) is 17.0 Å². The predicted molar refractivity (Wildman–Crippen MR) is 109 cm³/mol. The summed E-state index contributed by atoms with van der Waals surface area (Å²) in [6, 6.07) is 0. The standard InChI is InChI=1S/C19H25N7O3S/c1-12-15(13(2)24-23-12)6-7-17(27)25-8-4-5-14(10-25)18-16(30(3,28)29)9-20-19-21-11-22-26(18)19/h9,11,14H,4-8,10H2,1-3H3,(H,23,24). The summed E-state index contributed by atoms with van der Waals surface area (Å²) >= 11 is 0. The molecule has 1 atom stereocenters. The van der Waals surface area contributed by atoms with E-state index in [1.54, 1.807) is 0 Å². The maximum Gasteiger partial charge on any atom is 0.252 e. The second kappa shape index (κ2) is 7.78. The van der Waals surface area contributed by atoms with Crippen LogP contribution in [-0.2, 0) is 21.1 Å². The zero-order chi connectivity index (χ0) is 21.5. The third-order valence-electron chi connectivity index (χ3n) is 5.74. The zero-order valence-corrected chi connectivity index (χ0v) is 18.1. The molecule has 1 N–H and O–H groups in total. The molecule has 3 aromatic rings. The highest BCUT2D eigenvalue weighted by atomic mass is 32.2. The number of carbonyl (C=O) groups excluding carboxylic acids is 1. The predicted octanol–water partition coefficient (Wildman–Crippen LogP) is 1.21. The SMILES string of the molecule is Cc1n[nH]c(C)c1CCC(=O)N1CCCC(c2c(S(C)(=O)=O)cnc3ncnn23)C1. The number of hydrogen-bond donors (Lipinski definition) is 1. The Morgan fingerprint density at radius 1 is 1.30 bits per heavy atom. The first-order valence-electron chi connectivity index (χ1n) is 9.92. The molecule has 0 aliphatic carbocycles. The van der Waals surface area contributed by atoms with Crippen LogP contribution < -0.4 is 0 Å². The van der Waals surface area contributed by atoms with Crippen LogP contribution in [0.1, 0.15) is 47.8 Å². The minimum atomic E-state index is -3.50. The first-order chi connectivity index (χ1) is 14.3. The first kappa shape index (κ1) is 20.5. The van der Waals surface area contributed by atoms with E-state index < -0.39 is 9.84 Å². The molecule has 1 fully saturated rings. The molecule has 1 aliphatic heterocycles. The van der Waals surface area contributed by atoms with Gasteiger partial charge in [0.15, 0.2) is 9.84 Å². The summed E-state index contributed by atoms with van der Waals surface area (Å²) < 4.78 is 26.3. The zero-order valence-electron chi connectivity index (χ0n) is 17.3. The van der Waals surface area contributed by atoms with Crippen LogP contribution in [0.3, 0.4) is 0 Å². The molecule has 3 aromatic heterocycles. The average molecular weight is 432 g/mol. The summed E-state index contributed by atoms with van der Waals surface area (Å²) in [5.41, 5.74) is 3.54. The van der Waals surface area contributed by atoms with Crippen LogP contribution in [0.2, 0.25) is 0 Å². The normalized spacial score (nSPS) is 17.6. The molecule has 10 nitrogen and oxygen atoms in total. The Morgan fingerprint density at radius 3 is 2.80 bits per heavy atom. The lowest BCUT2D eigenvalue weighted by Gasteiger charge is -2.33. The van der Waals surface area contributed by atoms with Crippen LogP contribution in [0.5, 0.6) is 0 Å². The fraction of sp³-hybridized carbons (Fsp3) is 0.526. The van der Waals surface area contributed by atoms with E-state index in [2.05, 4.69) is 25.3 Å². The lowest BCUT2D eigenvalue weighted by molar-refractivity contribution is -0.132. The highest BCUT2D eigenvalue weighted by Crippen LogP contribution is 2.31. The number of hydrogen-bond acceptors (Lipinski definition) is 7. The van der Waals surface area contributed by atoms with Gasteiger partial charge in [0.2, 0.25) is 5.91 Å². The molecule has 11 heteroatoms. The number of nitrogens with zero attached hydrogens (tertiary/aromatic N) is 6. The monoisotopic (exact) mass is 431 g/mol. The summed E-state index contributed by atoms with van der Waals surface area (Å²) in [5.74, 6) is 0.258. The largest absolute Gasteiger partial charge is 0.342 e. The van der Waals surface area contributed by atoms with E-state index in [1.807, 2.05) is 18.7 Å². The minimum absolute atomic E-state index is 0.0597. The van der Waals surface area contributed by atoms with E-state index in [-0.39, 0.29) is 16.7 Å². The Labute approximate surface area is 174 Å². The summed E-state index contributed by atoms with van der Waals surface area (Å²) in [5, 5.41) is 11.3. The van der Waals surface area contributed by atoms with Crippen LogP contribution in [0, 0.1) is 13.8 Å². The minimum Gasteiger partial charge on any atom is -0.342 e. The molecule has 160 valence electrons. The highest BCUT2D eigenvalue weighted by molar-refractivity contribution is 7.90. The number of nitrogens with one attached hydrogen (secondary N) is 1. The molecule has 4 rings (SSSR count). The fourth-order valence-corrected chi connectivity index (χ4v) is 5.08. The number of rotatable bonds is 5. The van der Waals surface area contributed by atoms with Gasteiger partial charge in [0.05, 0.1) is 17.6 Å². The number of piperidine rings is 1. The first-order valence-corrected chi connectivity index (χ1v) is 11.8. The van der Waals surface area contributed by atoms with Crippen molar-refractivity contribution in [2.45, 2.75) is 50.3 Å². The molecule has 0 radical (unpaired) electrons. The van der Waals surface area contributed by atoms with Crippen molar-refractivity contribution in [3.63, 3.8) is 0 Å². The van der Waals surface area contributed by atoms with Crippen molar-refractivity contribution in [2.75, 3.05) is 19.3 Å². The molecule has 0 saturated carbocycles. The highest BCUT2D eigenvalue weighted by Gasteiger charge is 2.31. The van der Waals surface area contributed by atoms with E-state index >= 15 is 0 Å². The second-order valence-electron chi connectivity index (χ2n) is 7.84. The Hall–Kier alpha value is -2.82. The maximum atomic E-state index is 12.9. The summed E-state index contributed by atoms with van der Waals surface area (Å²) in [6.45, 7) is 5.00. The second-order valence-corrected chi connectivity index (χ2v) is 9.83. The fourth-order valence-electron chi connectivity index (χ4n) is 4.20. The van der Waals surface area contributed by atoms with Gasteiger partial charge in [0, 0.05) is 37.4 Å². The van der Waals surface area contributed by atoms with Crippen molar-refractivity contribution in [1.29, 1.82) is 0 Å². The topological polar surface area (TPSA) is 126 Å². The Bertz CT molecular complexity index is 1180. The van der Waals surface area contributed by atoms with Gasteiger partial charge in [0.25, 0.3) is 5.78 Å². The van der Waals surface area contributed by atoms with Gasteiger partial charge in [-0.1, -0.05) is 0 Å². The molecule has 1 amide bonds. The lowest BCUT2D eigenvalue weighted by Crippen LogP contribution is -2.40. The van der Waals surface area contributed by atoms with Crippen LogP contribution >= 0.6 is 0 Å². The molecule has 4 heterocycles. The van der Waals surface area contributed by atoms with Gasteiger partial charge in [-0.25, -0.2) is 13.4 Å². The molecule has 1 unspecified atom stereocenters. The van der Waals surface area contributed by atoms with E-state index in [0.29, 0.717) is 37.4 Å². The van der Waals surface area contributed by atoms with E-state index in [0.717, 1.165) is 36.0 Å². The van der Waals surface area contributed by atoms with Gasteiger partial charge in [-0.05, 0) is 38.7 Å².